The minimum atomic E-state index is -0.378. The van der Waals surface area contributed by atoms with Crippen molar-refractivity contribution in [2.45, 2.75) is 17.6 Å². The van der Waals surface area contributed by atoms with Gasteiger partial charge in [-0.15, -0.1) is 16.3 Å². The van der Waals surface area contributed by atoms with Gasteiger partial charge < -0.3 is 15.2 Å². The Morgan fingerprint density at radius 1 is 1.13 bits per heavy atom. The van der Waals surface area contributed by atoms with Gasteiger partial charge >= 0.3 is 6.03 Å². The minimum absolute atomic E-state index is 0.268. The summed E-state index contributed by atoms with van der Waals surface area (Å²) in [7, 11) is 0. The van der Waals surface area contributed by atoms with Crippen LogP contribution in [-0.4, -0.2) is 15.6 Å². The van der Waals surface area contributed by atoms with Gasteiger partial charge in [0.15, 0.2) is 5.65 Å². The molecule has 2 aromatic carbocycles. The van der Waals surface area contributed by atoms with E-state index in [2.05, 4.69) is 15.6 Å². The molecule has 0 aliphatic rings. The number of hydrogen-bond donors (Lipinski definition) is 2. The number of carbonyl (C=O) groups excluding carboxylic acids is 1. The number of hydrogen-bond acceptors (Lipinski definition) is 5. The predicted octanol–water partition coefficient (Wildman–Crippen LogP) is 5.19. The zero-order chi connectivity index (χ0) is 21.1. The van der Waals surface area contributed by atoms with E-state index in [1.54, 1.807) is 37.3 Å². The van der Waals surface area contributed by atoms with Crippen LogP contribution in [0.3, 0.4) is 0 Å². The standard InChI is InChI=1S/C21H17ClN4O3S/c1-13-9-19-23-16(11-20(27)26(19)29-13)12-30-18-8-3-2-7-17(18)25-21(28)24-15-6-4-5-14(22)10-15/h2-11H,12H2,1H3,(H2,24,25,28). The van der Waals surface area contributed by atoms with Gasteiger partial charge in [0, 0.05) is 33.5 Å². The molecule has 4 rings (SSSR count). The molecule has 30 heavy (non-hydrogen) atoms. The maximum absolute atomic E-state index is 12.4. The molecule has 0 saturated heterocycles. The highest BCUT2D eigenvalue weighted by Gasteiger charge is 2.10. The fraction of sp³-hybridized carbons (Fsp3) is 0.0952. The molecule has 7 nitrogen and oxygen atoms in total. The summed E-state index contributed by atoms with van der Waals surface area (Å²) in [6.07, 6.45) is 0. The van der Waals surface area contributed by atoms with Crippen LogP contribution in [0.25, 0.3) is 5.65 Å². The zero-order valence-corrected chi connectivity index (χ0v) is 17.5. The quantitative estimate of drug-likeness (QED) is 0.417. The summed E-state index contributed by atoms with van der Waals surface area (Å²) >= 11 is 7.42. The molecule has 0 unspecified atom stereocenters. The monoisotopic (exact) mass is 440 g/mol. The molecule has 0 fully saturated rings. The minimum Gasteiger partial charge on any atom is -0.375 e. The number of aromatic nitrogens is 2. The van der Waals surface area contributed by atoms with Gasteiger partial charge in [0.1, 0.15) is 5.76 Å². The molecule has 152 valence electrons. The van der Waals surface area contributed by atoms with Crippen molar-refractivity contribution in [1.82, 2.24) is 9.56 Å². The Hall–Kier alpha value is -3.23. The number of anilines is 2. The molecular formula is C21H17ClN4O3S. The van der Waals surface area contributed by atoms with Crippen molar-refractivity contribution in [2.75, 3.05) is 10.6 Å². The summed E-state index contributed by atoms with van der Waals surface area (Å²) < 4.78 is 6.47. The predicted molar refractivity (Wildman–Crippen MR) is 119 cm³/mol. The summed E-state index contributed by atoms with van der Waals surface area (Å²) in [6.45, 7) is 1.76. The number of amides is 2. The molecule has 2 amide bonds. The van der Waals surface area contributed by atoms with E-state index in [0.29, 0.717) is 39.3 Å². The first-order valence-electron chi connectivity index (χ1n) is 9.03. The number of urea groups is 1. The van der Waals surface area contributed by atoms with Crippen molar-refractivity contribution in [1.29, 1.82) is 0 Å². The molecule has 4 aromatic rings. The lowest BCUT2D eigenvalue weighted by Crippen LogP contribution is -2.19. The number of carbonyl (C=O) groups is 1. The second kappa shape index (κ2) is 8.64. The smallest absolute Gasteiger partial charge is 0.323 e. The van der Waals surface area contributed by atoms with E-state index < -0.39 is 0 Å². The van der Waals surface area contributed by atoms with Crippen molar-refractivity contribution in [2.24, 2.45) is 0 Å². The first-order chi connectivity index (χ1) is 14.5. The Labute approximate surface area is 181 Å². The molecule has 0 radical (unpaired) electrons. The van der Waals surface area contributed by atoms with Crippen LogP contribution in [0, 0.1) is 6.92 Å². The van der Waals surface area contributed by atoms with E-state index in [1.807, 2.05) is 24.3 Å². The highest BCUT2D eigenvalue weighted by atomic mass is 35.5. The Morgan fingerprint density at radius 3 is 2.80 bits per heavy atom. The first-order valence-corrected chi connectivity index (χ1v) is 10.4. The average molecular weight is 441 g/mol. The fourth-order valence-electron chi connectivity index (χ4n) is 2.85. The van der Waals surface area contributed by atoms with E-state index in [4.69, 9.17) is 16.1 Å². The van der Waals surface area contributed by atoms with Crippen LogP contribution >= 0.6 is 23.4 Å². The summed E-state index contributed by atoms with van der Waals surface area (Å²) in [5.41, 5.74) is 2.08. The topological polar surface area (TPSA) is 88.6 Å². The zero-order valence-electron chi connectivity index (χ0n) is 15.9. The van der Waals surface area contributed by atoms with Gasteiger partial charge in [0.2, 0.25) is 0 Å². The maximum Gasteiger partial charge on any atom is 0.323 e. The molecule has 2 aromatic heterocycles. The number of benzene rings is 2. The van der Waals surface area contributed by atoms with Gasteiger partial charge in [-0.2, -0.15) is 0 Å². The summed E-state index contributed by atoms with van der Waals surface area (Å²) in [6, 6.07) is 17.1. The Kier molecular flexibility index (Phi) is 5.78. The number of halogens is 1. The molecular weight excluding hydrogens is 424 g/mol. The van der Waals surface area contributed by atoms with Gasteiger partial charge in [-0.3, -0.25) is 4.79 Å². The lowest BCUT2D eigenvalue weighted by Gasteiger charge is -2.12. The molecule has 9 heteroatoms. The number of nitrogens with one attached hydrogen (secondary N) is 2. The highest BCUT2D eigenvalue weighted by Crippen LogP contribution is 2.29. The Balaban J connectivity index is 1.47. The lowest BCUT2D eigenvalue weighted by molar-refractivity contribution is 0.262. The highest BCUT2D eigenvalue weighted by molar-refractivity contribution is 7.98. The number of thioether (sulfide) groups is 1. The van der Waals surface area contributed by atoms with E-state index in [9.17, 15) is 9.59 Å². The normalized spacial score (nSPS) is 10.9. The van der Waals surface area contributed by atoms with Crippen molar-refractivity contribution >= 4 is 46.4 Å². The third-order valence-corrected chi connectivity index (χ3v) is 5.46. The third-order valence-electron chi connectivity index (χ3n) is 4.12. The van der Waals surface area contributed by atoms with Crippen LogP contribution in [0.2, 0.25) is 5.02 Å². The second-order valence-corrected chi connectivity index (χ2v) is 7.91. The maximum atomic E-state index is 12.4. The number of rotatable bonds is 5. The molecule has 0 bridgehead atoms. The van der Waals surface area contributed by atoms with Crippen molar-refractivity contribution in [3.8, 4) is 0 Å². The largest absolute Gasteiger partial charge is 0.375 e. The molecule has 2 heterocycles. The molecule has 2 N–H and O–H groups in total. The third kappa shape index (κ3) is 4.67. The van der Waals surface area contributed by atoms with E-state index in [-0.39, 0.29) is 11.6 Å². The lowest BCUT2D eigenvalue weighted by atomic mass is 10.3. The number of para-hydroxylation sites is 1. The van der Waals surface area contributed by atoms with Crippen molar-refractivity contribution in [3.63, 3.8) is 0 Å². The van der Waals surface area contributed by atoms with E-state index >= 15 is 0 Å². The van der Waals surface area contributed by atoms with Gasteiger partial charge in [-0.1, -0.05) is 29.8 Å². The van der Waals surface area contributed by atoms with Crippen LogP contribution in [-0.2, 0) is 5.75 Å². The van der Waals surface area contributed by atoms with Crippen molar-refractivity contribution in [3.05, 3.63) is 87.5 Å². The first kappa shape index (κ1) is 20.1. The molecule has 0 aliphatic carbocycles. The van der Waals surface area contributed by atoms with Gasteiger partial charge in [0.25, 0.3) is 5.56 Å². The SMILES string of the molecule is Cc1cc2nc(CSc3ccccc3NC(=O)Nc3cccc(Cl)c3)cc(=O)n2o1. The van der Waals surface area contributed by atoms with Gasteiger partial charge in [-0.25, -0.2) is 9.78 Å². The van der Waals surface area contributed by atoms with Gasteiger partial charge in [0.05, 0.1) is 11.4 Å². The number of aryl methyl sites for hydroxylation is 1. The van der Waals surface area contributed by atoms with Crippen LogP contribution < -0.4 is 16.2 Å². The van der Waals surface area contributed by atoms with Crippen molar-refractivity contribution < 1.29 is 9.32 Å². The second-order valence-electron chi connectivity index (χ2n) is 6.46. The average Bonchev–Trinajstić information content (AvgIpc) is 3.08. The van der Waals surface area contributed by atoms with Crippen LogP contribution in [0.15, 0.2) is 74.9 Å². The van der Waals surface area contributed by atoms with Crippen LogP contribution in [0.1, 0.15) is 11.5 Å². The number of nitrogens with zero attached hydrogens (tertiary/aromatic N) is 2. The van der Waals surface area contributed by atoms with Crippen LogP contribution in [0.4, 0.5) is 16.2 Å². The molecule has 0 saturated carbocycles. The molecule has 0 spiro atoms. The summed E-state index contributed by atoms with van der Waals surface area (Å²) in [5.74, 6) is 1.08. The molecule has 0 aliphatic heterocycles. The fourth-order valence-corrected chi connectivity index (χ4v) is 3.94. The summed E-state index contributed by atoms with van der Waals surface area (Å²) in [5, 5.41) is 6.13. The van der Waals surface area contributed by atoms with E-state index in [0.717, 1.165) is 4.90 Å². The summed E-state index contributed by atoms with van der Waals surface area (Å²) in [4.78, 5) is 29.9. The van der Waals surface area contributed by atoms with Crippen LogP contribution in [0.5, 0.6) is 0 Å². The van der Waals surface area contributed by atoms with Gasteiger partial charge in [-0.05, 0) is 37.3 Å². The van der Waals surface area contributed by atoms with E-state index in [1.165, 1.54) is 22.4 Å². The number of fused-ring (bicyclic) bond motifs is 1. The Bertz CT molecular complexity index is 1280. The molecule has 0 atom stereocenters. The Morgan fingerprint density at radius 2 is 1.97 bits per heavy atom.